The maximum absolute atomic E-state index is 12.7. The lowest BCUT2D eigenvalue weighted by molar-refractivity contribution is 0.00688. The Morgan fingerprint density at radius 3 is 2.59 bits per heavy atom. The maximum atomic E-state index is 12.7. The van der Waals surface area contributed by atoms with E-state index in [9.17, 15) is 9.90 Å². The number of carbonyl (C=O) groups excluding carboxylic acids is 1. The summed E-state index contributed by atoms with van der Waals surface area (Å²) in [5, 5.41) is 14.0. The average Bonchev–Trinajstić information content (AvgIpc) is 3.02. The molecule has 2 N–H and O–H groups in total. The minimum absolute atomic E-state index is 0.144. The van der Waals surface area contributed by atoms with Crippen LogP contribution in [0.1, 0.15) is 36.2 Å². The number of nitrogens with one attached hydrogen (secondary N) is 1. The maximum Gasteiger partial charge on any atom is 0.272 e. The molecule has 4 rings (SSSR count). The largest absolute Gasteiger partial charge is 0.488 e. The molecular weight excluding hydrogens is 340 g/mol. The third-order valence-electron chi connectivity index (χ3n) is 5.25. The van der Waals surface area contributed by atoms with E-state index in [0.29, 0.717) is 17.1 Å². The molecule has 1 aromatic heterocycles. The molecule has 1 saturated carbocycles. The Hall–Kier alpha value is -2.79. The molecule has 0 aliphatic heterocycles. The summed E-state index contributed by atoms with van der Waals surface area (Å²) in [7, 11) is 1.89. The van der Waals surface area contributed by atoms with E-state index in [-0.39, 0.29) is 12.0 Å². The Kier molecular flexibility index (Phi) is 4.86. The van der Waals surface area contributed by atoms with Crippen molar-refractivity contribution in [3.05, 3.63) is 60.3 Å². The highest BCUT2D eigenvalue weighted by Crippen LogP contribution is 2.25. The van der Waals surface area contributed by atoms with E-state index in [1.165, 1.54) is 0 Å². The predicted octanol–water partition coefficient (Wildman–Crippen LogP) is 4.11. The standard InChI is InChI=1S/C22H24N2O3/c1-24-18-7-3-2-6-15(18)14-19(24)22(26)23-16-10-12-17(13-11-16)27-21-9-5-4-8-20(21)25/h2-3,6-7,10-14,20-21,25H,4-5,8-9H2,1H3,(H,23,26). The number of anilines is 1. The van der Waals surface area contributed by atoms with Gasteiger partial charge in [0.05, 0.1) is 6.10 Å². The number of ether oxygens (including phenoxy) is 1. The smallest absolute Gasteiger partial charge is 0.272 e. The number of hydrogen-bond donors (Lipinski definition) is 2. The Balaban J connectivity index is 1.44. The lowest BCUT2D eigenvalue weighted by Gasteiger charge is -2.28. The second-order valence-corrected chi connectivity index (χ2v) is 7.13. The van der Waals surface area contributed by atoms with Gasteiger partial charge in [-0.2, -0.15) is 0 Å². The van der Waals surface area contributed by atoms with Gasteiger partial charge in [0.15, 0.2) is 0 Å². The Morgan fingerprint density at radius 1 is 1.11 bits per heavy atom. The number of fused-ring (bicyclic) bond motifs is 1. The molecule has 5 heteroatoms. The van der Waals surface area contributed by atoms with Gasteiger partial charge in [0.2, 0.25) is 0 Å². The minimum atomic E-state index is -0.399. The summed E-state index contributed by atoms with van der Waals surface area (Å²) in [5.41, 5.74) is 2.35. The van der Waals surface area contributed by atoms with Gasteiger partial charge in [0, 0.05) is 23.6 Å². The molecule has 140 valence electrons. The number of aryl methyl sites for hydroxylation is 1. The van der Waals surface area contributed by atoms with Crippen LogP contribution in [-0.4, -0.2) is 27.8 Å². The molecule has 0 saturated heterocycles. The van der Waals surface area contributed by atoms with E-state index in [0.717, 1.165) is 36.6 Å². The first kappa shape index (κ1) is 17.6. The molecule has 0 bridgehead atoms. The van der Waals surface area contributed by atoms with Crippen LogP contribution in [0, 0.1) is 0 Å². The van der Waals surface area contributed by atoms with Crippen LogP contribution in [-0.2, 0) is 7.05 Å². The van der Waals surface area contributed by atoms with E-state index in [1.807, 2.05) is 66.2 Å². The van der Waals surface area contributed by atoms with Crippen LogP contribution in [0.4, 0.5) is 5.69 Å². The second-order valence-electron chi connectivity index (χ2n) is 7.13. The summed E-state index contributed by atoms with van der Waals surface area (Å²) in [5.74, 6) is 0.564. The number of aromatic nitrogens is 1. The number of aliphatic hydroxyl groups excluding tert-OH is 1. The number of benzene rings is 2. The van der Waals surface area contributed by atoms with Crippen molar-refractivity contribution in [1.82, 2.24) is 4.57 Å². The zero-order chi connectivity index (χ0) is 18.8. The predicted molar refractivity (Wildman–Crippen MR) is 106 cm³/mol. The SMILES string of the molecule is Cn1c(C(=O)Nc2ccc(OC3CCCCC3O)cc2)cc2ccccc21. The molecular formula is C22H24N2O3. The molecule has 1 heterocycles. The first-order valence-electron chi connectivity index (χ1n) is 9.42. The minimum Gasteiger partial charge on any atom is -0.488 e. The van der Waals surface area contributed by atoms with Crippen LogP contribution in [0.25, 0.3) is 10.9 Å². The van der Waals surface area contributed by atoms with Crippen molar-refractivity contribution in [1.29, 1.82) is 0 Å². The summed E-state index contributed by atoms with van der Waals surface area (Å²) in [6.07, 6.45) is 3.27. The Labute approximate surface area is 158 Å². The molecule has 1 aliphatic carbocycles. The average molecular weight is 364 g/mol. The number of amides is 1. The lowest BCUT2D eigenvalue weighted by atomic mass is 9.95. The van der Waals surface area contributed by atoms with Crippen molar-refractivity contribution >= 4 is 22.5 Å². The molecule has 2 atom stereocenters. The Bertz CT molecular complexity index is 946. The number of hydrogen-bond acceptors (Lipinski definition) is 3. The van der Waals surface area contributed by atoms with Crippen LogP contribution in [0.5, 0.6) is 5.75 Å². The molecule has 1 amide bonds. The number of carbonyl (C=O) groups is 1. The zero-order valence-corrected chi connectivity index (χ0v) is 15.4. The van der Waals surface area contributed by atoms with Crippen molar-refractivity contribution < 1.29 is 14.6 Å². The third kappa shape index (κ3) is 3.69. The topological polar surface area (TPSA) is 63.5 Å². The van der Waals surface area contributed by atoms with Gasteiger partial charge in [0.25, 0.3) is 5.91 Å². The molecule has 0 radical (unpaired) electrons. The van der Waals surface area contributed by atoms with Crippen LogP contribution >= 0.6 is 0 Å². The van der Waals surface area contributed by atoms with Crippen LogP contribution in [0.15, 0.2) is 54.6 Å². The van der Waals surface area contributed by atoms with Gasteiger partial charge in [-0.1, -0.05) is 24.6 Å². The summed E-state index contributed by atoms with van der Waals surface area (Å²) < 4.78 is 7.80. The van der Waals surface area contributed by atoms with Crippen molar-refractivity contribution in [3.63, 3.8) is 0 Å². The van der Waals surface area contributed by atoms with E-state index >= 15 is 0 Å². The molecule has 1 aliphatic rings. The summed E-state index contributed by atoms with van der Waals surface area (Å²) >= 11 is 0. The zero-order valence-electron chi connectivity index (χ0n) is 15.4. The first-order chi connectivity index (χ1) is 13.1. The fourth-order valence-electron chi connectivity index (χ4n) is 3.71. The highest BCUT2D eigenvalue weighted by atomic mass is 16.5. The molecule has 2 unspecified atom stereocenters. The van der Waals surface area contributed by atoms with Crippen LogP contribution in [0.2, 0.25) is 0 Å². The quantitative estimate of drug-likeness (QED) is 0.732. The van der Waals surface area contributed by atoms with E-state index in [1.54, 1.807) is 0 Å². The summed E-state index contributed by atoms with van der Waals surface area (Å²) in [6, 6.07) is 17.1. The highest BCUT2D eigenvalue weighted by molar-refractivity contribution is 6.06. The molecule has 1 fully saturated rings. The number of rotatable bonds is 4. The summed E-state index contributed by atoms with van der Waals surface area (Å²) in [4.78, 5) is 12.7. The normalized spacial score (nSPS) is 19.8. The van der Waals surface area contributed by atoms with Gasteiger partial charge in [-0.25, -0.2) is 0 Å². The first-order valence-corrected chi connectivity index (χ1v) is 9.42. The van der Waals surface area contributed by atoms with Gasteiger partial charge < -0.3 is 19.7 Å². The molecule has 3 aromatic rings. The van der Waals surface area contributed by atoms with E-state index in [4.69, 9.17) is 4.74 Å². The van der Waals surface area contributed by atoms with Gasteiger partial charge in [-0.05, 0) is 55.7 Å². The summed E-state index contributed by atoms with van der Waals surface area (Å²) in [6.45, 7) is 0. The fourth-order valence-corrected chi connectivity index (χ4v) is 3.71. The van der Waals surface area contributed by atoms with Crippen molar-refractivity contribution in [2.24, 2.45) is 7.05 Å². The fraction of sp³-hybridized carbons (Fsp3) is 0.318. The van der Waals surface area contributed by atoms with Crippen molar-refractivity contribution in [3.8, 4) is 5.75 Å². The molecule has 0 spiro atoms. The van der Waals surface area contributed by atoms with Gasteiger partial charge in [0.1, 0.15) is 17.5 Å². The van der Waals surface area contributed by atoms with Gasteiger partial charge in [-0.15, -0.1) is 0 Å². The van der Waals surface area contributed by atoms with E-state index < -0.39 is 6.10 Å². The van der Waals surface area contributed by atoms with Gasteiger partial charge >= 0.3 is 0 Å². The van der Waals surface area contributed by atoms with Crippen molar-refractivity contribution in [2.45, 2.75) is 37.9 Å². The second kappa shape index (κ2) is 7.45. The van der Waals surface area contributed by atoms with Crippen LogP contribution < -0.4 is 10.1 Å². The number of nitrogens with zero attached hydrogens (tertiary/aromatic N) is 1. The molecule has 27 heavy (non-hydrogen) atoms. The molecule has 5 nitrogen and oxygen atoms in total. The number of para-hydroxylation sites is 1. The third-order valence-corrected chi connectivity index (χ3v) is 5.25. The molecule has 2 aromatic carbocycles. The van der Waals surface area contributed by atoms with Crippen LogP contribution in [0.3, 0.4) is 0 Å². The van der Waals surface area contributed by atoms with Crippen molar-refractivity contribution in [2.75, 3.05) is 5.32 Å². The monoisotopic (exact) mass is 364 g/mol. The van der Waals surface area contributed by atoms with E-state index in [2.05, 4.69) is 5.32 Å². The lowest BCUT2D eigenvalue weighted by Crippen LogP contribution is -2.34. The highest BCUT2D eigenvalue weighted by Gasteiger charge is 2.24. The Morgan fingerprint density at radius 2 is 1.85 bits per heavy atom. The number of aliphatic hydroxyl groups is 1. The van der Waals surface area contributed by atoms with Gasteiger partial charge in [-0.3, -0.25) is 4.79 Å².